The van der Waals surface area contributed by atoms with Crippen molar-refractivity contribution in [1.82, 2.24) is 24.6 Å². The Kier molecular flexibility index (Phi) is 3.92. The quantitative estimate of drug-likeness (QED) is 0.855. The van der Waals surface area contributed by atoms with Crippen LogP contribution in [0.2, 0.25) is 0 Å². The lowest BCUT2D eigenvalue weighted by Gasteiger charge is -2.30. The van der Waals surface area contributed by atoms with Crippen molar-refractivity contribution in [1.29, 1.82) is 0 Å². The number of amides is 1. The second kappa shape index (κ2) is 5.76. The van der Waals surface area contributed by atoms with Gasteiger partial charge in [-0.3, -0.25) is 14.5 Å². The molecule has 1 aliphatic rings. The SMILES string of the molecule is Cn1nccc1-c1cncc([C@H]2CCCN2C(=O)C(C)(C)C)n1. The molecule has 0 aromatic carbocycles. The van der Waals surface area contributed by atoms with E-state index in [-0.39, 0.29) is 17.4 Å². The highest BCUT2D eigenvalue weighted by Gasteiger charge is 2.36. The molecule has 23 heavy (non-hydrogen) atoms. The fourth-order valence-corrected chi connectivity index (χ4v) is 3.04. The van der Waals surface area contributed by atoms with Gasteiger partial charge in [-0.05, 0) is 18.9 Å². The van der Waals surface area contributed by atoms with Crippen LogP contribution in [-0.4, -0.2) is 37.1 Å². The van der Waals surface area contributed by atoms with Crippen LogP contribution in [0.5, 0.6) is 0 Å². The van der Waals surface area contributed by atoms with Gasteiger partial charge in [-0.25, -0.2) is 4.98 Å². The molecule has 3 rings (SSSR count). The smallest absolute Gasteiger partial charge is 0.228 e. The van der Waals surface area contributed by atoms with Gasteiger partial charge in [0.05, 0.1) is 29.8 Å². The van der Waals surface area contributed by atoms with Crippen LogP contribution < -0.4 is 0 Å². The van der Waals surface area contributed by atoms with Gasteiger partial charge in [0.2, 0.25) is 5.91 Å². The number of carbonyl (C=O) groups excluding carboxylic acids is 1. The van der Waals surface area contributed by atoms with Gasteiger partial charge in [-0.15, -0.1) is 0 Å². The number of likely N-dealkylation sites (tertiary alicyclic amines) is 1. The molecule has 2 aromatic rings. The molecule has 1 aliphatic heterocycles. The van der Waals surface area contributed by atoms with Crippen LogP contribution in [0.4, 0.5) is 0 Å². The summed E-state index contributed by atoms with van der Waals surface area (Å²) in [6, 6.07) is 1.93. The van der Waals surface area contributed by atoms with Gasteiger partial charge in [0.15, 0.2) is 0 Å². The van der Waals surface area contributed by atoms with Crippen molar-refractivity contribution in [2.24, 2.45) is 12.5 Å². The maximum Gasteiger partial charge on any atom is 0.228 e. The molecule has 1 fully saturated rings. The summed E-state index contributed by atoms with van der Waals surface area (Å²) >= 11 is 0. The minimum atomic E-state index is -0.379. The van der Waals surface area contributed by atoms with Gasteiger partial charge in [0.25, 0.3) is 0 Å². The lowest BCUT2D eigenvalue weighted by molar-refractivity contribution is -0.140. The molecule has 0 saturated carbocycles. The maximum absolute atomic E-state index is 12.7. The molecule has 0 unspecified atom stereocenters. The van der Waals surface area contributed by atoms with E-state index in [1.165, 1.54) is 0 Å². The number of hydrogen-bond donors (Lipinski definition) is 0. The average Bonchev–Trinajstić information content (AvgIpc) is 3.14. The van der Waals surface area contributed by atoms with E-state index < -0.39 is 0 Å². The van der Waals surface area contributed by atoms with E-state index in [2.05, 4.69) is 10.1 Å². The molecule has 3 heterocycles. The van der Waals surface area contributed by atoms with E-state index in [0.717, 1.165) is 36.5 Å². The standard InChI is InChI=1S/C17H23N5O/c1-17(2,3)16(23)22-9-5-6-15(22)13-11-18-10-12(20-13)14-7-8-19-21(14)4/h7-8,10-11,15H,5-6,9H2,1-4H3/t15-/m1/s1. The zero-order valence-corrected chi connectivity index (χ0v) is 14.2. The van der Waals surface area contributed by atoms with Crippen LogP contribution >= 0.6 is 0 Å². The molecule has 0 bridgehead atoms. The summed E-state index contributed by atoms with van der Waals surface area (Å²) < 4.78 is 1.78. The zero-order valence-electron chi connectivity index (χ0n) is 14.2. The molecule has 1 saturated heterocycles. The summed E-state index contributed by atoms with van der Waals surface area (Å²) in [5, 5.41) is 4.18. The van der Waals surface area contributed by atoms with Crippen molar-refractivity contribution in [3.8, 4) is 11.4 Å². The van der Waals surface area contributed by atoms with E-state index in [1.54, 1.807) is 23.3 Å². The summed E-state index contributed by atoms with van der Waals surface area (Å²) in [4.78, 5) is 23.7. The number of aromatic nitrogens is 4. The van der Waals surface area contributed by atoms with Gasteiger partial charge >= 0.3 is 0 Å². The fourth-order valence-electron chi connectivity index (χ4n) is 3.04. The van der Waals surface area contributed by atoms with Crippen LogP contribution in [-0.2, 0) is 11.8 Å². The Morgan fingerprint density at radius 1 is 1.30 bits per heavy atom. The predicted molar refractivity (Wildman–Crippen MR) is 87.4 cm³/mol. The van der Waals surface area contributed by atoms with Crippen molar-refractivity contribution in [3.05, 3.63) is 30.4 Å². The number of aryl methyl sites for hydroxylation is 1. The Morgan fingerprint density at radius 3 is 2.74 bits per heavy atom. The second-order valence-corrected chi connectivity index (χ2v) is 7.08. The van der Waals surface area contributed by atoms with E-state index in [1.807, 2.05) is 38.8 Å². The summed E-state index contributed by atoms with van der Waals surface area (Å²) in [5.74, 6) is 0.174. The first-order valence-corrected chi connectivity index (χ1v) is 7.99. The first-order chi connectivity index (χ1) is 10.9. The Morgan fingerprint density at radius 2 is 2.09 bits per heavy atom. The first kappa shape index (κ1) is 15.6. The van der Waals surface area contributed by atoms with Crippen molar-refractivity contribution in [2.75, 3.05) is 6.54 Å². The molecule has 6 heteroatoms. The molecule has 0 aliphatic carbocycles. The molecule has 6 nitrogen and oxygen atoms in total. The molecule has 122 valence electrons. The average molecular weight is 313 g/mol. The van der Waals surface area contributed by atoms with Crippen LogP contribution in [0, 0.1) is 5.41 Å². The van der Waals surface area contributed by atoms with Crippen molar-refractivity contribution >= 4 is 5.91 Å². The highest BCUT2D eigenvalue weighted by Crippen LogP contribution is 2.34. The first-order valence-electron chi connectivity index (χ1n) is 7.99. The van der Waals surface area contributed by atoms with E-state index in [9.17, 15) is 4.79 Å². The molecular weight excluding hydrogens is 290 g/mol. The Bertz CT molecular complexity index is 716. The molecule has 0 N–H and O–H groups in total. The summed E-state index contributed by atoms with van der Waals surface area (Å²) in [5.41, 5.74) is 2.19. The normalized spacial score (nSPS) is 18.4. The van der Waals surface area contributed by atoms with Crippen molar-refractivity contribution in [3.63, 3.8) is 0 Å². The third-order valence-electron chi connectivity index (χ3n) is 4.23. The molecule has 1 atom stereocenters. The number of nitrogens with zero attached hydrogens (tertiary/aromatic N) is 5. The minimum Gasteiger partial charge on any atom is -0.334 e. The lowest BCUT2D eigenvalue weighted by Crippen LogP contribution is -2.39. The van der Waals surface area contributed by atoms with Gasteiger partial charge in [0, 0.05) is 25.2 Å². The third-order valence-corrected chi connectivity index (χ3v) is 4.23. The third kappa shape index (κ3) is 2.98. The highest BCUT2D eigenvalue weighted by molar-refractivity contribution is 5.82. The minimum absolute atomic E-state index is 0.0161. The largest absolute Gasteiger partial charge is 0.334 e. The second-order valence-electron chi connectivity index (χ2n) is 7.08. The number of rotatable bonds is 2. The van der Waals surface area contributed by atoms with Crippen molar-refractivity contribution < 1.29 is 4.79 Å². The number of carbonyl (C=O) groups is 1. The summed E-state index contributed by atoms with van der Waals surface area (Å²) in [7, 11) is 1.88. The Hall–Kier alpha value is -2.24. The highest BCUT2D eigenvalue weighted by atomic mass is 16.2. The van der Waals surface area contributed by atoms with Gasteiger partial charge in [-0.2, -0.15) is 5.10 Å². The summed E-state index contributed by atoms with van der Waals surface area (Å²) in [6.45, 7) is 6.67. The van der Waals surface area contributed by atoms with E-state index >= 15 is 0 Å². The van der Waals surface area contributed by atoms with Crippen LogP contribution in [0.1, 0.15) is 45.3 Å². The Balaban J connectivity index is 1.92. The van der Waals surface area contributed by atoms with E-state index in [4.69, 9.17) is 4.98 Å². The van der Waals surface area contributed by atoms with E-state index in [0.29, 0.717) is 0 Å². The van der Waals surface area contributed by atoms with Crippen LogP contribution in [0.25, 0.3) is 11.4 Å². The van der Waals surface area contributed by atoms with Crippen molar-refractivity contribution in [2.45, 2.75) is 39.7 Å². The molecule has 1 amide bonds. The van der Waals surface area contributed by atoms with Gasteiger partial charge in [0.1, 0.15) is 5.69 Å². The molecule has 0 spiro atoms. The Labute approximate surface area is 136 Å². The van der Waals surface area contributed by atoms with Gasteiger partial charge in [-0.1, -0.05) is 20.8 Å². The van der Waals surface area contributed by atoms with Crippen LogP contribution in [0.3, 0.4) is 0 Å². The molecule has 0 radical (unpaired) electrons. The van der Waals surface area contributed by atoms with Gasteiger partial charge < -0.3 is 4.90 Å². The lowest BCUT2D eigenvalue weighted by atomic mass is 9.94. The fraction of sp³-hybridized carbons (Fsp3) is 0.529. The molecular formula is C17H23N5O. The zero-order chi connectivity index (χ0) is 16.6. The van der Waals surface area contributed by atoms with Crippen LogP contribution in [0.15, 0.2) is 24.7 Å². The topological polar surface area (TPSA) is 63.9 Å². The monoisotopic (exact) mass is 313 g/mol. The predicted octanol–water partition coefficient (Wildman–Crippen LogP) is 2.59. The summed E-state index contributed by atoms with van der Waals surface area (Å²) in [6.07, 6.45) is 7.20. The molecule has 2 aromatic heterocycles. The number of hydrogen-bond acceptors (Lipinski definition) is 4. The maximum atomic E-state index is 12.7.